The van der Waals surface area contributed by atoms with Crippen LogP contribution in [0.2, 0.25) is 0 Å². The molecule has 0 spiro atoms. The van der Waals surface area contributed by atoms with Crippen molar-refractivity contribution in [1.29, 1.82) is 0 Å². The fourth-order valence-corrected chi connectivity index (χ4v) is 2.70. The van der Waals surface area contributed by atoms with E-state index in [-0.39, 0.29) is 18.0 Å². The van der Waals surface area contributed by atoms with Crippen LogP contribution < -0.4 is 10.9 Å². The van der Waals surface area contributed by atoms with Crippen LogP contribution in [0.4, 0.5) is 5.69 Å². The van der Waals surface area contributed by atoms with Gasteiger partial charge in [0.05, 0.1) is 0 Å². The van der Waals surface area contributed by atoms with E-state index in [2.05, 4.69) is 26.2 Å². The topological polar surface area (TPSA) is 77.1 Å². The third-order valence-electron chi connectivity index (χ3n) is 3.58. The lowest BCUT2D eigenvalue weighted by Crippen LogP contribution is -2.27. The lowest BCUT2D eigenvalue weighted by molar-refractivity contribution is -0.116. The summed E-state index contributed by atoms with van der Waals surface area (Å²) in [7, 11) is 0. The molecule has 0 bridgehead atoms. The number of fused-ring (bicyclic) bond motifs is 1. The molecule has 6 nitrogen and oxygen atoms in total. The molecule has 1 N–H and O–H groups in total. The van der Waals surface area contributed by atoms with E-state index >= 15 is 0 Å². The maximum Gasteiger partial charge on any atom is 0.265 e. The van der Waals surface area contributed by atoms with Crippen molar-refractivity contribution in [3.63, 3.8) is 0 Å². The van der Waals surface area contributed by atoms with Gasteiger partial charge >= 0.3 is 0 Å². The fraction of sp³-hybridized carbons (Fsp3) is 0.188. The summed E-state index contributed by atoms with van der Waals surface area (Å²) in [5.41, 5.74) is 1.42. The van der Waals surface area contributed by atoms with Crippen LogP contribution in [0.15, 0.2) is 44.3 Å². The Morgan fingerprint density at radius 3 is 2.91 bits per heavy atom. The minimum absolute atomic E-state index is 0.113. The molecule has 0 fully saturated rings. The molecule has 0 saturated carbocycles. The summed E-state index contributed by atoms with van der Waals surface area (Å²) in [6.07, 6.45) is 1.33. The van der Waals surface area contributed by atoms with E-state index in [0.717, 1.165) is 10.0 Å². The Morgan fingerprint density at radius 2 is 2.17 bits per heavy atom. The van der Waals surface area contributed by atoms with Gasteiger partial charge in [-0.3, -0.25) is 14.2 Å². The number of aryl methyl sites for hydroxylation is 2. The Balaban J connectivity index is 1.86. The van der Waals surface area contributed by atoms with Gasteiger partial charge in [-0.1, -0.05) is 22.0 Å². The molecule has 0 aliphatic heterocycles. The normalized spacial score (nSPS) is 10.9. The summed E-state index contributed by atoms with van der Waals surface area (Å²) in [6.45, 7) is 3.47. The van der Waals surface area contributed by atoms with E-state index in [1.165, 1.54) is 10.9 Å². The summed E-state index contributed by atoms with van der Waals surface area (Å²) in [6, 6.07) is 7.24. The van der Waals surface area contributed by atoms with E-state index in [0.29, 0.717) is 22.5 Å². The molecule has 2 heterocycles. The molecule has 0 aliphatic rings. The Labute approximate surface area is 140 Å². The molecule has 1 amide bonds. The van der Waals surface area contributed by atoms with Crippen LogP contribution in [0.1, 0.15) is 11.3 Å². The first kappa shape index (κ1) is 15.5. The summed E-state index contributed by atoms with van der Waals surface area (Å²) in [5.74, 6) is 0.352. The van der Waals surface area contributed by atoms with E-state index in [4.69, 9.17) is 4.42 Å². The number of carbonyl (C=O) groups is 1. The van der Waals surface area contributed by atoms with Crippen molar-refractivity contribution < 1.29 is 9.21 Å². The smallest absolute Gasteiger partial charge is 0.265 e. The van der Waals surface area contributed by atoms with Gasteiger partial charge in [0, 0.05) is 15.7 Å². The molecule has 23 heavy (non-hydrogen) atoms. The molecule has 2 aromatic heterocycles. The van der Waals surface area contributed by atoms with Crippen LogP contribution >= 0.6 is 15.9 Å². The first-order chi connectivity index (χ1) is 11.0. The number of aromatic nitrogens is 2. The second-order valence-electron chi connectivity index (χ2n) is 5.20. The number of carbonyl (C=O) groups excluding carboxylic acids is 1. The number of nitrogens with zero attached hydrogens (tertiary/aromatic N) is 2. The lowest BCUT2D eigenvalue weighted by atomic mass is 10.2. The van der Waals surface area contributed by atoms with Gasteiger partial charge in [-0.2, -0.15) is 0 Å². The predicted molar refractivity (Wildman–Crippen MR) is 90.5 cm³/mol. The monoisotopic (exact) mass is 375 g/mol. The number of benzene rings is 1. The van der Waals surface area contributed by atoms with Gasteiger partial charge in [0.15, 0.2) is 0 Å². The highest BCUT2D eigenvalue weighted by atomic mass is 79.9. The molecule has 7 heteroatoms. The zero-order valence-corrected chi connectivity index (χ0v) is 14.2. The third-order valence-corrected chi connectivity index (χ3v) is 4.07. The number of amides is 1. The molecular formula is C16H14BrN3O3. The molecular weight excluding hydrogens is 362 g/mol. The number of anilines is 1. The van der Waals surface area contributed by atoms with E-state index in [1.54, 1.807) is 26.0 Å². The number of rotatable bonds is 3. The quantitative estimate of drug-likeness (QED) is 0.763. The van der Waals surface area contributed by atoms with Gasteiger partial charge in [-0.25, -0.2) is 4.98 Å². The van der Waals surface area contributed by atoms with Crippen molar-refractivity contribution in [1.82, 2.24) is 9.55 Å². The highest BCUT2D eigenvalue weighted by Crippen LogP contribution is 2.19. The first-order valence-electron chi connectivity index (χ1n) is 6.96. The van der Waals surface area contributed by atoms with Crippen LogP contribution in [-0.2, 0) is 11.3 Å². The maximum absolute atomic E-state index is 12.5. The standard InChI is InChI=1S/C16H14BrN3O3/c1-9-10(2)23-15-14(9)16(22)20(8-18-15)7-13(21)19-12-5-3-4-11(17)6-12/h3-6,8H,7H2,1-2H3,(H,19,21). The molecule has 3 rings (SSSR count). The zero-order chi connectivity index (χ0) is 16.6. The third kappa shape index (κ3) is 3.05. The van der Waals surface area contributed by atoms with E-state index in [1.807, 2.05) is 12.1 Å². The van der Waals surface area contributed by atoms with Gasteiger partial charge in [0.25, 0.3) is 5.56 Å². The number of hydrogen-bond donors (Lipinski definition) is 1. The van der Waals surface area contributed by atoms with Crippen molar-refractivity contribution >= 4 is 38.6 Å². The molecule has 0 atom stereocenters. The summed E-state index contributed by atoms with van der Waals surface area (Å²) >= 11 is 3.34. The van der Waals surface area contributed by atoms with Crippen LogP contribution in [-0.4, -0.2) is 15.5 Å². The molecule has 0 radical (unpaired) electrons. The molecule has 0 saturated heterocycles. The van der Waals surface area contributed by atoms with Gasteiger partial charge < -0.3 is 9.73 Å². The van der Waals surface area contributed by atoms with Crippen molar-refractivity contribution in [3.8, 4) is 0 Å². The lowest BCUT2D eigenvalue weighted by Gasteiger charge is -2.07. The van der Waals surface area contributed by atoms with Crippen molar-refractivity contribution in [2.24, 2.45) is 0 Å². The molecule has 118 valence electrons. The van der Waals surface area contributed by atoms with Gasteiger partial charge in [0.2, 0.25) is 11.6 Å². The van der Waals surface area contributed by atoms with E-state index in [9.17, 15) is 9.59 Å². The predicted octanol–water partition coefficient (Wildman–Crippen LogP) is 3.01. The Hall–Kier alpha value is -2.41. The van der Waals surface area contributed by atoms with E-state index < -0.39 is 0 Å². The SMILES string of the molecule is Cc1oc2ncn(CC(=O)Nc3cccc(Br)c3)c(=O)c2c1C. The average Bonchev–Trinajstić information content (AvgIpc) is 2.78. The van der Waals surface area contributed by atoms with Gasteiger partial charge in [-0.15, -0.1) is 0 Å². The second-order valence-corrected chi connectivity index (χ2v) is 6.12. The molecule has 0 aliphatic carbocycles. The van der Waals surface area contributed by atoms with Crippen LogP contribution in [0.5, 0.6) is 0 Å². The Kier molecular flexibility index (Phi) is 4.04. The zero-order valence-electron chi connectivity index (χ0n) is 12.6. The van der Waals surface area contributed by atoms with Crippen molar-refractivity contribution in [2.75, 3.05) is 5.32 Å². The fourth-order valence-electron chi connectivity index (χ4n) is 2.30. The first-order valence-corrected chi connectivity index (χ1v) is 7.75. The highest BCUT2D eigenvalue weighted by Gasteiger charge is 2.15. The minimum atomic E-state index is -0.302. The van der Waals surface area contributed by atoms with Crippen molar-refractivity contribution in [2.45, 2.75) is 20.4 Å². The highest BCUT2D eigenvalue weighted by molar-refractivity contribution is 9.10. The van der Waals surface area contributed by atoms with Crippen molar-refractivity contribution in [3.05, 3.63) is 56.7 Å². The second kappa shape index (κ2) is 6.00. The average molecular weight is 376 g/mol. The van der Waals surface area contributed by atoms with Gasteiger partial charge in [0.1, 0.15) is 24.0 Å². The Bertz CT molecular complexity index is 959. The number of hydrogen-bond acceptors (Lipinski definition) is 4. The van der Waals surface area contributed by atoms with Crippen LogP contribution in [0.3, 0.4) is 0 Å². The van der Waals surface area contributed by atoms with Crippen LogP contribution in [0, 0.1) is 13.8 Å². The summed E-state index contributed by atoms with van der Waals surface area (Å²) in [5, 5.41) is 3.16. The largest absolute Gasteiger partial charge is 0.443 e. The summed E-state index contributed by atoms with van der Waals surface area (Å²) in [4.78, 5) is 28.7. The molecule has 1 aromatic carbocycles. The minimum Gasteiger partial charge on any atom is -0.443 e. The van der Waals surface area contributed by atoms with Crippen LogP contribution in [0.25, 0.3) is 11.1 Å². The number of furan rings is 1. The maximum atomic E-state index is 12.5. The molecule has 3 aromatic rings. The van der Waals surface area contributed by atoms with Gasteiger partial charge in [-0.05, 0) is 32.0 Å². The molecule has 0 unspecified atom stereocenters. The number of halogens is 1. The summed E-state index contributed by atoms with van der Waals surface area (Å²) < 4.78 is 7.55. The Morgan fingerprint density at radius 1 is 1.39 bits per heavy atom. The number of nitrogens with one attached hydrogen (secondary N) is 1.